The first-order valence-corrected chi connectivity index (χ1v) is 11.0. The highest BCUT2D eigenvalue weighted by Gasteiger charge is 2.22. The smallest absolute Gasteiger partial charge is 0.309 e. The highest BCUT2D eigenvalue weighted by molar-refractivity contribution is 5.88. The quantitative estimate of drug-likeness (QED) is 0.309. The highest BCUT2D eigenvalue weighted by Crippen LogP contribution is 2.50. The Morgan fingerprint density at radius 3 is 2.14 bits per heavy atom. The molecule has 184 valence electrons. The zero-order valence-electron chi connectivity index (χ0n) is 20.5. The van der Waals surface area contributed by atoms with Crippen LogP contribution in [-0.2, 0) is 16.0 Å². The van der Waals surface area contributed by atoms with Gasteiger partial charge in [-0.25, -0.2) is 0 Å². The summed E-state index contributed by atoms with van der Waals surface area (Å²) >= 11 is 0. The van der Waals surface area contributed by atoms with Gasteiger partial charge < -0.3 is 29.2 Å². The van der Waals surface area contributed by atoms with Gasteiger partial charge in [0.1, 0.15) is 12.4 Å². The fraction of sp³-hybridized carbons (Fsp3) is 0.250. The predicted molar refractivity (Wildman–Crippen MR) is 134 cm³/mol. The van der Waals surface area contributed by atoms with Crippen molar-refractivity contribution in [2.24, 2.45) is 0 Å². The molecule has 0 saturated heterocycles. The molecule has 0 aromatic heterocycles. The van der Waals surface area contributed by atoms with E-state index in [2.05, 4.69) is 0 Å². The summed E-state index contributed by atoms with van der Waals surface area (Å²) in [6.45, 7) is 4.27. The summed E-state index contributed by atoms with van der Waals surface area (Å²) in [4.78, 5) is 11.5. The molecule has 0 fully saturated rings. The molecule has 0 aliphatic rings. The lowest BCUT2D eigenvalue weighted by Gasteiger charge is -2.18. The van der Waals surface area contributed by atoms with Gasteiger partial charge >= 0.3 is 5.97 Å². The van der Waals surface area contributed by atoms with Gasteiger partial charge in [-0.3, -0.25) is 4.79 Å². The summed E-state index contributed by atoms with van der Waals surface area (Å²) < 4.78 is 21.5. The third-order valence-corrected chi connectivity index (χ3v) is 5.46. The van der Waals surface area contributed by atoms with Gasteiger partial charge in [-0.1, -0.05) is 35.9 Å². The molecule has 3 aromatic carbocycles. The van der Waals surface area contributed by atoms with Crippen LogP contribution in [0, 0.1) is 0 Å². The minimum absolute atomic E-state index is 0.0599. The average molecular weight is 479 g/mol. The predicted octanol–water partition coefficient (Wildman–Crippen LogP) is 5.51. The van der Waals surface area contributed by atoms with Crippen LogP contribution in [0.2, 0.25) is 0 Å². The molecule has 0 radical (unpaired) electrons. The number of esters is 1. The van der Waals surface area contributed by atoms with Crippen LogP contribution in [-0.4, -0.2) is 44.1 Å². The van der Waals surface area contributed by atoms with E-state index in [-0.39, 0.29) is 29.6 Å². The first kappa shape index (κ1) is 25.5. The molecule has 0 spiro atoms. The highest BCUT2D eigenvalue weighted by atomic mass is 16.5. The number of allylic oxidation sites excluding steroid dienone is 1. The Kier molecular flexibility index (Phi) is 8.25. The van der Waals surface area contributed by atoms with Crippen LogP contribution in [0.25, 0.3) is 22.3 Å². The van der Waals surface area contributed by atoms with Crippen LogP contribution in [0.4, 0.5) is 0 Å². The van der Waals surface area contributed by atoms with Crippen molar-refractivity contribution < 1.29 is 34.0 Å². The Morgan fingerprint density at radius 1 is 0.886 bits per heavy atom. The molecule has 2 N–H and O–H groups in total. The van der Waals surface area contributed by atoms with Crippen LogP contribution in [0.15, 0.2) is 60.2 Å². The summed E-state index contributed by atoms with van der Waals surface area (Å²) in [5.74, 6) is 0.476. The molecule has 0 heterocycles. The normalized spacial score (nSPS) is 10.4. The number of aromatic hydroxyl groups is 2. The van der Waals surface area contributed by atoms with Gasteiger partial charge in [-0.2, -0.15) is 0 Å². The van der Waals surface area contributed by atoms with Gasteiger partial charge in [0.15, 0.2) is 23.0 Å². The SMILES string of the molecule is COC(=O)Cc1ccc(-c2cc(OC)c(-c3ccc(OCC=C(C)C)c(O)c3)c(O)c2OC)cc1. The first-order chi connectivity index (χ1) is 16.8. The van der Waals surface area contributed by atoms with E-state index in [1.807, 2.05) is 44.2 Å². The minimum Gasteiger partial charge on any atom is -0.504 e. The topological polar surface area (TPSA) is 94.5 Å². The van der Waals surface area contributed by atoms with Crippen LogP contribution < -0.4 is 14.2 Å². The van der Waals surface area contributed by atoms with E-state index in [0.717, 1.165) is 16.7 Å². The molecule has 0 aliphatic carbocycles. The van der Waals surface area contributed by atoms with E-state index in [1.54, 1.807) is 18.2 Å². The lowest BCUT2D eigenvalue weighted by Crippen LogP contribution is -2.04. The number of hydrogen-bond acceptors (Lipinski definition) is 7. The molecule has 0 aliphatic heterocycles. The Morgan fingerprint density at radius 2 is 1.57 bits per heavy atom. The summed E-state index contributed by atoms with van der Waals surface area (Å²) in [6, 6.07) is 13.9. The largest absolute Gasteiger partial charge is 0.504 e. The van der Waals surface area contributed by atoms with Gasteiger partial charge in [0.05, 0.1) is 33.3 Å². The van der Waals surface area contributed by atoms with Gasteiger partial charge in [-0.05, 0) is 54.8 Å². The summed E-state index contributed by atoms with van der Waals surface area (Å²) in [5.41, 5.74) is 4.20. The van der Waals surface area contributed by atoms with Gasteiger partial charge in [-0.15, -0.1) is 0 Å². The summed E-state index contributed by atoms with van der Waals surface area (Å²) in [6.07, 6.45) is 2.08. The van der Waals surface area contributed by atoms with E-state index < -0.39 is 0 Å². The second-order valence-electron chi connectivity index (χ2n) is 8.11. The Balaban J connectivity index is 2.02. The monoisotopic (exact) mass is 478 g/mol. The van der Waals surface area contributed by atoms with Crippen molar-refractivity contribution in [1.29, 1.82) is 0 Å². The number of hydrogen-bond donors (Lipinski definition) is 2. The van der Waals surface area contributed by atoms with Crippen molar-refractivity contribution in [1.82, 2.24) is 0 Å². The number of methoxy groups -OCH3 is 3. The molecule has 3 aromatic rings. The van der Waals surface area contributed by atoms with Gasteiger partial charge in [0, 0.05) is 5.56 Å². The second kappa shape index (κ2) is 11.3. The fourth-order valence-corrected chi connectivity index (χ4v) is 3.62. The van der Waals surface area contributed by atoms with Crippen molar-refractivity contribution in [2.75, 3.05) is 27.9 Å². The van der Waals surface area contributed by atoms with Crippen LogP contribution >= 0.6 is 0 Å². The Labute approximate surface area is 205 Å². The number of phenolic OH excluding ortho intramolecular Hbond substituents is 2. The van der Waals surface area contributed by atoms with Crippen molar-refractivity contribution in [2.45, 2.75) is 20.3 Å². The molecule has 7 heteroatoms. The summed E-state index contributed by atoms with van der Waals surface area (Å²) in [7, 11) is 4.33. The minimum atomic E-state index is -0.324. The molecule has 3 rings (SSSR count). The van der Waals surface area contributed by atoms with E-state index in [1.165, 1.54) is 27.4 Å². The number of phenols is 2. The number of ether oxygens (including phenoxy) is 4. The number of carbonyl (C=O) groups excluding carboxylic acids is 1. The second-order valence-corrected chi connectivity index (χ2v) is 8.11. The molecular formula is C28H30O7. The third kappa shape index (κ3) is 5.87. The molecule has 0 bridgehead atoms. The first-order valence-electron chi connectivity index (χ1n) is 11.0. The molecule has 0 saturated carbocycles. The van der Waals surface area contributed by atoms with Crippen LogP contribution in [0.1, 0.15) is 19.4 Å². The van der Waals surface area contributed by atoms with E-state index >= 15 is 0 Å². The van der Waals surface area contributed by atoms with E-state index in [4.69, 9.17) is 18.9 Å². The van der Waals surface area contributed by atoms with Crippen LogP contribution in [0.5, 0.6) is 28.7 Å². The van der Waals surface area contributed by atoms with E-state index in [0.29, 0.717) is 34.8 Å². The zero-order valence-corrected chi connectivity index (χ0v) is 20.5. The molecule has 35 heavy (non-hydrogen) atoms. The maximum Gasteiger partial charge on any atom is 0.309 e. The summed E-state index contributed by atoms with van der Waals surface area (Å²) in [5, 5.41) is 21.7. The van der Waals surface area contributed by atoms with Crippen molar-refractivity contribution in [3.8, 4) is 51.0 Å². The zero-order chi connectivity index (χ0) is 25.5. The standard InChI is InChI=1S/C28H30O7/c1-17(2)12-13-35-23-11-10-20(15-22(23)29)26-24(32-3)16-21(28(34-5)27(26)31)19-8-6-18(7-9-19)14-25(30)33-4/h6-12,15-16,29,31H,13-14H2,1-5H3. The average Bonchev–Trinajstić information content (AvgIpc) is 2.84. The maximum atomic E-state index is 11.5. The van der Waals surface area contributed by atoms with Crippen molar-refractivity contribution in [3.05, 3.63) is 65.7 Å². The van der Waals surface area contributed by atoms with Gasteiger partial charge in [0.25, 0.3) is 0 Å². The lowest BCUT2D eigenvalue weighted by atomic mass is 9.95. The Bertz CT molecular complexity index is 1220. The molecule has 0 atom stereocenters. The van der Waals surface area contributed by atoms with Crippen LogP contribution in [0.3, 0.4) is 0 Å². The van der Waals surface area contributed by atoms with Gasteiger partial charge in [0.2, 0.25) is 0 Å². The number of benzene rings is 3. The lowest BCUT2D eigenvalue weighted by molar-refractivity contribution is -0.139. The number of carbonyl (C=O) groups is 1. The van der Waals surface area contributed by atoms with Crippen molar-refractivity contribution >= 4 is 5.97 Å². The number of rotatable bonds is 9. The van der Waals surface area contributed by atoms with Crippen molar-refractivity contribution in [3.63, 3.8) is 0 Å². The Hall–Kier alpha value is -4.13. The molecule has 0 unspecified atom stereocenters. The molecular weight excluding hydrogens is 448 g/mol. The third-order valence-electron chi connectivity index (χ3n) is 5.46. The fourth-order valence-electron chi connectivity index (χ4n) is 3.62. The van der Waals surface area contributed by atoms with E-state index in [9.17, 15) is 15.0 Å². The molecule has 7 nitrogen and oxygen atoms in total. The maximum absolute atomic E-state index is 11.5. The molecule has 0 amide bonds.